The van der Waals surface area contributed by atoms with Gasteiger partial charge in [0, 0.05) is 11.6 Å². The standard InChI is InChI=1S/C16H27N3O/c1-11-12(2)18-19(8-9-20)16(11)17-15-5-3-4-14(10-15)13-6-7-13/h13-15,17,20H,3-10H2,1-2H3/t14-,15-/m0/s1. The summed E-state index contributed by atoms with van der Waals surface area (Å²) in [5, 5.41) is 17.4. The molecule has 0 aliphatic heterocycles. The lowest BCUT2D eigenvalue weighted by molar-refractivity contribution is 0.269. The van der Waals surface area contributed by atoms with E-state index >= 15 is 0 Å². The zero-order chi connectivity index (χ0) is 14.1. The molecule has 1 heterocycles. The highest BCUT2D eigenvalue weighted by atomic mass is 16.3. The summed E-state index contributed by atoms with van der Waals surface area (Å²) < 4.78 is 1.94. The minimum atomic E-state index is 0.143. The maximum Gasteiger partial charge on any atom is 0.127 e. The molecule has 0 unspecified atom stereocenters. The van der Waals surface area contributed by atoms with Gasteiger partial charge in [0.15, 0.2) is 0 Å². The highest BCUT2D eigenvalue weighted by Gasteiger charge is 2.35. The van der Waals surface area contributed by atoms with Crippen LogP contribution in [0.5, 0.6) is 0 Å². The molecule has 2 atom stereocenters. The van der Waals surface area contributed by atoms with Crippen LogP contribution in [0.1, 0.15) is 49.8 Å². The fraction of sp³-hybridized carbons (Fsp3) is 0.812. The summed E-state index contributed by atoms with van der Waals surface area (Å²) in [5.41, 5.74) is 2.29. The summed E-state index contributed by atoms with van der Waals surface area (Å²) in [4.78, 5) is 0. The Balaban J connectivity index is 1.69. The molecule has 3 rings (SSSR count). The molecule has 0 amide bonds. The molecule has 1 aromatic rings. The first-order valence-corrected chi connectivity index (χ1v) is 8.10. The van der Waals surface area contributed by atoms with Crippen LogP contribution in [0.4, 0.5) is 5.82 Å². The predicted molar refractivity (Wildman–Crippen MR) is 80.9 cm³/mol. The van der Waals surface area contributed by atoms with Crippen molar-refractivity contribution in [1.82, 2.24) is 9.78 Å². The molecule has 20 heavy (non-hydrogen) atoms. The summed E-state index contributed by atoms with van der Waals surface area (Å²) in [6, 6.07) is 0.585. The fourth-order valence-electron chi connectivity index (χ4n) is 3.66. The van der Waals surface area contributed by atoms with E-state index in [-0.39, 0.29) is 6.61 Å². The van der Waals surface area contributed by atoms with Crippen molar-refractivity contribution >= 4 is 5.82 Å². The van der Waals surface area contributed by atoms with E-state index in [4.69, 9.17) is 0 Å². The van der Waals surface area contributed by atoms with Crippen LogP contribution in [0.2, 0.25) is 0 Å². The van der Waals surface area contributed by atoms with Crippen molar-refractivity contribution in [2.24, 2.45) is 11.8 Å². The second-order valence-electron chi connectivity index (χ2n) is 6.61. The van der Waals surface area contributed by atoms with Crippen molar-refractivity contribution in [2.45, 2.75) is 65.0 Å². The van der Waals surface area contributed by atoms with E-state index in [9.17, 15) is 5.11 Å². The summed E-state index contributed by atoms with van der Waals surface area (Å²) >= 11 is 0. The van der Waals surface area contributed by atoms with Gasteiger partial charge >= 0.3 is 0 Å². The van der Waals surface area contributed by atoms with Gasteiger partial charge in [-0.05, 0) is 51.4 Å². The number of hydrogen-bond donors (Lipinski definition) is 2. The summed E-state index contributed by atoms with van der Waals surface area (Å²) in [7, 11) is 0. The monoisotopic (exact) mass is 277 g/mol. The van der Waals surface area contributed by atoms with Crippen LogP contribution >= 0.6 is 0 Å². The van der Waals surface area contributed by atoms with Gasteiger partial charge in [-0.3, -0.25) is 0 Å². The second kappa shape index (κ2) is 5.76. The number of rotatable bonds is 5. The molecule has 2 aliphatic rings. The lowest BCUT2D eigenvalue weighted by atomic mass is 9.82. The van der Waals surface area contributed by atoms with E-state index in [2.05, 4.69) is 17.3 Å². The van der Waals surface area contributed by atoms with Gasteiger partial charge in [0.25, 0.3) is 0 Å². The van der Waals surface area contributed by atoms with E-state index in [1.54, 1.807) is 0 Å². The van der Waals surface area contributed by atoms with Crippen LogP contribution in [0.15, 0.2) is 0 Å². The first-order chi connectivity index (χ1) is 9.69. The van der Waals surface area contributed by atoms with E-state index < -0.39 is 0 Å². The van der Waals surface area contributed by atoms with Crippen molar-refractivity contribution in [3.63, 3.8) is 0 Å². The fourth-order valence-corrected chi connectivity index (χ4v) is 3.66. The molecule has 4 heteroatoms. The summed E-state index contributed by atoms with van der Waals surface area (Å²) in [5.74, 6) is 3.08. The Kier molecular flexibility index (Phi) is 4.01. The van der Waals surface area contributed by atoms with Crippen molar-refractivity contribution in [2.75, 3.05) is 11.9 Å². The minimum Gasteiger partial charge on any atom is -0.394 e. The van der Waals surface area contributed by atoms with Crippen LogP contribution < -0.4 is 5.32 Å². The largest absolute Gasteiger partial charge is 0.394 e. The average molecular weight is 277 g/mol. The number of nitrogens with one attached hydrogen (secondary N) is 1. The molecule has 2 N–H and O–H groups in total. The van der Waals surface area contributed by atoms with Gasteiger partial charge in [-0.2, -0.15) is 5.10 Å². The highest BCUT2D eigenvalue weighted by Crippen LogP contribution is 2.44. The quantitative estimate of drug-likeness (QED) is 0.870. The first-order valence-electron chi connectivity index (χ1n) is 8.10. The van der Waals surface area contributed by atoms with E-state index in [1.165, 1.54) is 44.1 Å². The molecule has 2 fully saturated rings. The molecule has 0 saturated heterocycles. The average Bonchev–Trinajstić information content (AvgIpc) is 3.25. The van der Waals surface area contributed by atoms with Gasteiger partial charge in [-0.1, -0.05) is 12.8 Å². The lowest BCUT2D eigenvalue weighted by Gasteiger charge is -2.30. The van der Waals surface area contributed by atoms with Crippen LogP contribution in [-0.4, -0.2) is 27.5 Å². The van der Waals surface area contributed by atoms with E-state index in [0.717, 1.165) is 23.3 Å². The molecule has 0 aromatic carbocycles. The van der Waals surface area contributed by atoms with E-state index in [1.807, 2.05) is 11.6 Å². The van der Waals surface area contributed by atoms with Crippen LogP contribution in [0.25, 0.3) is 0 Å². The van der Waals surface area contributed by atoms with Crippen molar-refractivity contribution < 1.29 is 5.11 Å². The predicted octanol–water partition coefficient (Wildman–Crippen LogP) is 2.87. The third kappa shape index (κ3) is 2.85. The third-order valence-electron chi connectivity index (χ3n) is 5.08. The van der Waals surface area contributed by atoms with Gasteiger partial charge in [0.1, 0.15) is 5.82 Å². The van der Waals surface area contributed by atoms with Gasteiger partial charge < -0.3 is 10.4 Å². The molecule has 4 nitrogen and oxygen atoms in total. The molecule has 0 spiro atoms. The second-order valence-corrected chi connectivity index (χ2v) is 6.61. The SMILES string of the molecule is Cc1nn(CCO)c(N[C@H]2CCC[C@H](C3CC3)C2)c1C. The number of hydrogen-bond acceptors (Lipinski definition) is 3. The van der Waals surface area contributed by atoms with Gasteiger partial charge in [0.2, 0.25) is 0 Å². The smallest absolute Gasteiger partial charge is 0.127 e. The molecule has 2 aliphatic carbocycles. The van der Waals surface area contributed by atoms with Gasteiger partial charge in [-0.15, -0.1) is 0 Å². The molecule has 112 valence electrons. The Morgan fingerprint density at radius 1 is 1.20 bits per heavy atom. The Hall–Kier alpha value is -1.03. The minimum absolute atomic E-state index is 0.143. The summed E-state index contributed by atoms with van der Waals surface area (Å²) in [6.07, 6.45) is 8.27. The summed E-state index contributed by atoms with van der Waals surface area (Å²) in [6.45, 7) is 4.89. The maximum absolute atomic E-state index is 9.18. The van der Waals surface area contributed by atoms with Crippen molar-refractivity contribution in [3.8, 4) is 0 Å². The maximum atomic E-state index is 9.18. The molecular weight excluding hydrogens is 250 g/mol. The van der Waals surface area contributed by atoms with Crippen LogP contribution in [0, 0.1) is 25.7 Å². The number of aromatic nitrogens is 2. The zero-order valence-corrected chi connectivity index (χ0v) is 12.7. The third-order valence-corrected chi connectivity index (χ3v) is 5.08. The first kappa shape index (κ1) is 13.9. The molecule has 0 bridgehead atoms. The molecule has 0 radical (unpaired) electrons. The topological polar surface area (TPSA) is 50.1 Å². The van der Waals surface area contributed by atoms with Gasteiger partial charge in [0.05, 0.1) is 18.8 Å². The van der Waals surface area contributed by atoms with Crippen molar-refractivity contribution in [3.05, 3.63) is 11.3 Å². The number of anilines is 1. The molecule has 1 aromatic heterocycles. The molecular formula is C16H27N3O. The van der Waals surface area contributed by atoms with Crippen LogP contribution in [0.3, 0.4) is 0 Å². The Labute approximate surface area is 121 Å². The van der Waals surface area contributed by atoms with Crippen LogP contribution in [-0.2, 0) is 6.54 Å². The normalized spacial score (nSPS) is 26.8. The van der Waals surface area contributed by atoms with E-state index in [0.29, 0.717) is 12.6 Å². The zero-order valence-electron chi connectivity index (χ0n) is 12.7. The lowest BCUT2D eigenvalue weighted by Crippen LogP contribution is -2.29. The van der Waals surface area contributed by atoms with Crippen molar-refractivity contribution in [1.29, 1.82) is 0 Å². The van der Waals surface area contributed by atoms with Gasteiger partial charge in [-0.25, -0.2) is 4.68 Å². The Morgan fingerprint density at radius 2 is 2.00 bits per heavy atom. The Bertz CT molecular complexity index is 465. The number of aliphatic hydroxyl groups is 1. The number of aryl methyl sites for hydroxylation is 1. The number of nitrogens with zero attached hydrogens (tertiary/aromatic N) is 2. The number of aliphatic hydroxyl groups excluding tert-OH is 1. The Morgan fingerprint density at radius 3 is 2.70 bits per heavy atom. The highest BCUT2D eigenvalue weighted by molar-refractivity contribution is 5.47. The molecule has 2 saturated carbocycles.